The lowest BCUT2D eigenvalue weighted by Gasteiger charge is -2.28. The van der Waals surface area contributed by atoms with Gasteiger partial charge in [0.15, 0.2) is 0 Å². The Kier molecular flexibility index (Phi) is 4.05. The molecule has 1 fully saturated rings. The van der Waals surface area contributed by atoms with Crippen LogP contribution in [0.15, 0.2) is 12.4 Å². The lowest BCUT2D eigenvalue weighted by Crippen LogP contribution is -2.37. The van der Waals surface area contributed by atoms with Gasteiger partial charge in [0.05, 0.1) is 12.1 Å². The monoisotopic (exact) mass is 255 g/mol. The van der Waals surface area contributed by atoms with Crippen molar-refractivity contribution < 1.29 is 4.74 Å². The minimum atomic E-state index is -0.000602. The van der Waals surface area contributed by atoms with Crippen LogP contribution in [-0.4, -0.2) is 28.0 Å². The van der Waals surface area contributed by atoms with Gasteiger partial charge >= 0.3 is 0 Å². The van der Waals surface area contributed by atoms with Gasteiger partial charge in [-0.05, 0) is 19.8 Å². The highest BCUT2D eigenvalue weighted by atomic mass is 35.5. The molecule has 0 radical (unpaired) electrons. The third kappa shape index (κ3) is 3.00. The maximum atomic E-state index is 6.08. The van der Waals surface area contributed by atoms with Gasteiger partial charge in [-0.1, -0.05) is 12.8 Å². The fourth-order valence-corrected chi connectivity index (χ4v) is 2.58. The van der Waals surface area contributed by atoms with Crippen LogP contribution in [0.2, 0.25) is 0 Å². The van der Waals surface area contributed by atoms with Crippen LogP contribution >= 0.6 is 11.6 Å². The zero-order chi connectivity index (χ0) is 12.1. The van der Waals surface area contributed by atoms with Crippen LogP contribution in [0.25, 0.3) is 0 Å². The quantitative estimate of drug-likeness (QED) is 0.822. The van der Waals surface area contributed by atoms with E-state index in [2.05, 4.69) is 15.3 Å². The number of ether oxygens (including phenoxy) is 1. The molecule has 0 bridgehead atoms. The molecule has 0 aromatic carbocycles. The molecule has 17 heavy (non-hydrogen) atoms. The lowest BCUT2D eigenvalue weighted by molar-refractivity contribution is 0.326. The smallest absolute Gasteiger partial charge is 0.218 e. The molecule has 94 valence electrons. The maximum Gasteiger partial charge on any atom is 0.218 e. The molecule has 1 aliphatic carbocycles. The van der Waals surface area contributed by atoms with E-state index in [1.807, 2.05) is 13.0 Å². The summed E-state index contributed by atoms with van der Waals surface area (Å²) in [5, 5.41) is 3.44. The third-order valence-corrected chi connectivity index (χ3v) is 3.66. The number of hydrogen-bond donors (Lipinski definition) is 1. The Morgan fingerprint density at radius 2 is 2.18 bits per heavy atom. The largest absolute Gasteiger partial charge is 0.478 e. The van der Waals surface area contributed by atoms with Crippen LogP contribution in [0.1, 0.15) is 32.6 Å². The number of rotatable bonds is 5. The Morgan fingerprint density at radius 3 is 2.82 bits per heavy atom. The van der Waals surface area contributed by atoms with Crippen molar-refractivity contribution in [1.82, 2.24) is 9.97 Å². The fraction of sp³-hybridized carbons (Fsp3) is 0.667. The predicted octanol–water partition coefficient (Wildman–Crippen LogP) is 2.84. The van der Waals surface area contributed by atoms with E-state index in [0.717, 1.165) is 18.7 Å². The molecule has 1 heterocycles. The van der Waals surface area contributed by atoms with Crippen molar-refractivity contribution in [1.29, 1.82) is 0 Å². The standard InChI is InChI=1S/C12H18ClN3O/c1-2-17-11-7-10(14-9-15-11)16-12(8-13)5-3-4-6-12/h7,9H,2-6,8H2,1H3,(H,14,15,16). The molecule has 0 atom stereocenters. The van der Waals surface area contributed by atoms with E-state index in [0.29, 0.717) is 18.4 Å². The van der Waals surface area contributed by atoms with Crippen LogP contribution in [0.5, 0.6) is 5.88 Å². The minimum Gasteiger partial charge on any atom is -0.478 e. The molecule has 0 saturated heterocycles. The zero-order valence-electron chi connectivity index (χ0n) is 10.1. The van der Waals surface area contributed by atoms with Crippen molar-refractivity contribution in [3.8, 4) is 5.88 Å². The highest BCUT2D eigenvalue weighted by Gasteiger charge is 2.33. The third-order valence-electron chi connectivity index (χ3n) is 3.14. The second kappa shape index (κ2) is 5.54. The Balaban J connectivity index is 2.09. The molecular formula is C12H18ClN3O. The van der Waals surface area contributed by atoms with Gasteiger partial charge in [0.1, 0.15) is 12.1 Å². The predicted molar refractivity (Wildman–Crippen MR) is 68.7 cm³/mol. The summed E-state index contributed by atoms with van der Waals surface area (Å²) in [5.41, 5.74) is -0.000602. The highest BCUT2D eigenvalue weighted by molar-refractivity contribution is 6.18. The Labute approximate surface area is 107 Å². The van der Waals surface area contributed by atoms with Gasteiger partial charge in [-0.25, -0.2) is 9.97 Å². The van der Waals surface area contributed by atoms with Crippen LogP contribution < -0.4 is 10.1 Å². The first-order chi connectivity index (χ1) is 8.28. The van der Waals surface area contributed by atoms with E-state index in [-0.39, 0.29) is 5.54 Å². The summed E-state index contributed by atoms with van der Waals surface area (Å²) in [6.07, 6.45) is 6.17. The number of hydrogen-bond acceptors (Lipinski definition) is 4. The molecule has 0 aliphatic heterocycles. The molecular weight excluding hydrogens is 238 g/mol. The molecule has 1 saturated carbocycles. The first-order valence-electron chi connectivity index (χ1n) is 6.07. The summed E-state index contributed by atoms with van der Waals surface area (Å²) in [7, 11) is 0. The van der Waals surface area contributed by atoms with E-state index in [1.54, 1.807) is 0 Å². The molecule has 1 N–H and O–H groups in total. The molecule has 2 rings (SSSR count). The Bertz CT molecular complexity index is 367. The number of aromatic nitrogens is 2. The average molecular weight is 256 g/mol. The van der Waals surface area contributed by atoms with Crippen molar-refractivity contribution in [2.75, 3.05) is 17.8 Å². The van der Waals surface area contributed by atoms with Crippen LogP contribution in [0, 0.1) is 0 Å². The summed E-state index contributed by atoms with van der Waals surface area (Å²) in [4.78, 5) is 8.26. The van der Waals surface area contributed by atoms with Crippen molar-refractivity contribution in [3.05, 3.63) is 12.4 Å². The fourth-order valence-electron chi connectivity index (χ4n) is 2.25. The van der Waals surface area contributed by atoms with E-state index in [1.165, 1.54) is 19.2 Å². The summed E-state index contributed by atoms with van der Waals surface area (Å²) in [6.45, 7) is 2.55. The lowest BCUT2D eigenvalue weighted by atomic mass is 10.0. The van der Waals surface area contributed by atoms with Crippen molar-refractivity contribution in [3.63, 3.8) is 0 Å². The molecule has 5 heteroatoms. The first kappa shape index (κ1) is 12.4. The summed E-state index contributed by atoms with van der Waals surface area (Å²) >= 11 is 6.08. The van der Waals surface area contributed by atoms with Crippen molar-refractivity contribution in [2.24, 2.45) is 0 Å². The Hall–Kier alpha value is -1.03. The summed E-state index contributed by atoms with van der Waals surface area (Å²) in [6, 6.07) is 1.83. The van der Waals surface area contributed by atoms with Gasteiger partial charge in [0.2, 0.25) is 5.88 Å². The average Bonchev–Trinajstić information content (AvgIpc) is 2.79. The van der Waals surface area contributed by atoms with Crippen LogP contribution in [-0.2, 0) is 0 Å². The van der Waals surface area contributed by atoms with Crippen LogP contribution in [0.4, 0.5) is 5.82 Å². The number of anilines is 1. The molecule has 1 aromatic rings. The molecule has 0 amide bonds. The first-order valence-corrected chi connectivity index (χ1v) is 6.60. The zero-order valence-corrected chi connectivity index (χ0v) is 10.8. The molecule has 4 nitrogen and oxygen atoms in total. The van der Waals surface area contributed by atoms with Crippen molar-refractivity contribution in [2.45, 2.75) is 38.1 Å². The number of halogens is 1. The van der Waals surface area contributed by atoms with E-state index < -0.39 is 0 Å². The normalized spacial score (nSPS) is 18.0. The van der Waals surface area contributed by atoms with E-state index in [9.17, 15) is 0 Å². The Morgan fingerprint density at radius 1 is 1.41 bits per heavy atom. The maximum absolute atomic E-state index is 6.08. The minimum absolute atomic E-state index is 0.000602. The van der Waals surface area contributed by atoms with Gasteiger partial charge < -0.3 is 10.1 Å². The van der Waals surface area contributed by atoms with Gasteiger partial charge in [-0.2, -0.15) is 0 Å². The van der Waals surface area contributed by atoms with Crippen molar-refractivity contribution >= 4 is 17.4 Å². The summed E-state index contributed by atoms with van der Waals surface area (Å²) in [5.74, 6) is 2.01. The second-order valence-corrected chi connectivity index (χ2v) is 4.69. The highest BCUT2D eigenvalue weighted by Crippen LogP contribution is 2.33. The van der Waals surface area contributed by atoms with Crippen LogP contribution in [0.3, 0.4) is 0 Å². The molecule has 1 aromatic heterocycles. The van der Waals surface area contributed by atoms with E-state index >= 15 is 0 Å². The molecule has 0 unspecified atom stereocenters. The molecule has 0 spiro atoms. The number of nitrogens with one attached hydrogen (secondary N) is 1. The van der Waals surface area contributed by atoms with Gasteiger partial charge in [0, 0.05) is 11.9 Å². The number of alkyl halides is 1. The topological polar surface area (TPSA) is 47.0 Å². The van der Waals surface area contributed by atoms with Gasteiger partial charge in [-0.3, -0.25) is 0 Å². The van der Waals surface area contributed by atoms with Gasteiger partial charge in [0.25, 0.3) is 0 Å². The molecule has 1 aliphatic rings. The van der Waals surface area contributed by atoms with E-state index in [4.69, 9.17) is 16.3 Å². The SMILES string of the molecule is CCOc1cc(NC2(CCl)CCCC2)ncn1. The number of nitrogens with zero attached hydrogens (tertiary/aromatic N) is 2. The summed E-state index contributed by atoms with van der Waals surface area (Å²) < 4.78 is 5.35. The van der Waals surface area contributed by atoms with Gasteiger partial charge in [-0.15, -0.1) is 11.6 Å². The second-order valence-electron chi connectivity index (χ2n) is 4.42.